The molecule has 0 saturated carbocycles. The highest BCUT2D eigenvalue weighted by Gasteiger charge is 2.07. The Morgan fingerprint density at radius 1 is 1.33 bits per heavy atom. The molecule has 0 saturated heterocycles. The zero-order valence-electron chi connectivity index (χ0n) is 9.38. The predicted molar refractivity (Wildman–Crippen MR) is 65.1 cm³/mol. The lowest BCUT2D eigenvalue weighted by atomic mass is 9.99. The highest BCUT2D eigenvalue weighted by molar-refractivity contribution is 5.84. The van der Waals surface area contributed by atoms with Gasteiger partial charge in [-0.3, -0.25) is 0 Å². The van der Waals surface area contributed by atoms with Gasteiger partial charge in [-0.1, -0.05) is 26.0 Å². The molecule has 0 fully saturated rings. The highest BCUT2D eigenvalue weighted by atomic mass is 14.7. The lowest BCUT2D eigenvalue weighted by Gasteiger charge is -2.05. The van der Waals surface area contributed by atoms with Crippen LogP contribution in [-0.2, 0) is 6.42 Å². The molecule has 0 spiro atoms. The molecule has 2 nitrogen and oxygen atoms in total. The van der Waals surface area contributed by atoms with Gasteiger partial charge in [0.05, 0.1) is 0 Å². The number of aromatic nitrogens is 1. The topological polar surface area (TPSA) is 41.8 Å². The first-order valence-electron chi connectivity index (χ1n) is 5.53. The molecule has 1 aromatic heterocycles. The van der Waals surface area contributed by atoms with E-state index in [2.05, 4.69) is 43.1 Å². The normalized spacial score (nSPS) is 11.5. The predicted octanol–water partition coefficient (Wildman–Crippen LogP) is 2.79. The van der Waals surface area contributed by atoms with Crippen LogP contribution in [0.1, 0.15) is 31.0 Å². The zero-order valence-corrected chi connectivity index (χ0v) is 9.38. The number of aromatic amines is 1. The van der Waals surface area contributed by atoms with Crippen LogP contribution < -0.4 is 5.73 Å². The smallest absolute Gasteiger partial charge is 0.0458 e. The quantitative estimate of drug-likeness (QED) is 0.789. The molecule has 1 aromatic carbocycles. The minimum atomic E-state index is 0.565. The third-order valence-corrected chi connectivity index (χ3v) is 2.79. The van der Waals surface area contributed by atoms with E-state index in [1.807, 2.05) is 0 Å². The van der Waals surface area contributed by atoms with Crippen molar-refractivity contribution in [1.29, 1.82) is 0 Å². The van der Waals surface area contributed by atoms with Crippen LogP contribution in [0.3, 0.4) is 0 Å². The number of rotatable bonds is 3. The fourth-order valence-electron chi connectivity index (χ4n) is 2.03. The zero-order chi connectivity index (χ0) is 10.8. The summed E-state index contributed by atoms with van der Waals surface area (Å²) in [6, 6.07) is 8.67. The molecular formula is C13H18N2. The summed E-state index contributed by atoms with van der Waals surface area (Å²) >= 11 is 0. The highest BCUT2D eigenvalue weighted by Crippen LogP contribution is 2.25. The molecule has 2 aromatic rings. The molecule has 0 aliphatic carbocycles. The average Bonchev–Trinajstić information content (AvgIpc) is 2.59. The van der Waals surface area contributed by atoms with Crippen molar-refractivity contribution < 1.29 is 0 Å². The minimum Gasteiger partial charge on any atom is -0.358 e. The Bertz CT molecular complexity index is 455. The Hall–Kier alpha value is -1.28. The van der Waals surface area contributed by atoms with Gasteiger partial charge in [0.15, 0.2) is 0 Å². The Labute approximate surface area is 90.5 Å². The van der Waals surface area contributed by atoms with Crippen molar-refractivity contribution in [1.82, 2.24) is 4.98 Å². The minimum absolute atomic E-state index is 0.565. The first-order valence-corrected chi connectivity index (χ1v) is 5.53. The summed E-state index contributed by atoms with van der Waals surface area (Å²) in [4.78, 5) is 3.41. The summed E-state index contributed by atoms with van der Waals surface area (Å²) in [5.41, 5.74) is 9.43. The molecule has 0 unspecified atom stereocenters. The Balaban J connectivity index is 2.54. The second-order valence-corrected chi connectivity index (χ2v) is 4.30. The van der Waals surface area contributed by atoms with Gasteiger partial charge in [-0.2, -0.15) is 0 Å². The molecule has 0 aliphatic rings. The van der Waals surface area contributed by atoms with Gasteiger partial charge in [0.1, 0.15) is 0 Å². The van der Waals surface area contributed by atoms with Gasteiger partial charge in [-0.15, -0.1) is 0 Å². The third kappa shape index (κ3) is 1.90. The van der Waals surface area contributed by atoms with E-state index < -0.39 is 0 Å². The maximum atomic E-state index is 5.56. The number of benzene rings is 1. The van der Waals surface area contributed by atoms with Gasteiger partial charge in [0, 0.05) is 16.6 Å². The number of nitrogens with one attached hydrogen (secondary N) is 1. The van der Waals surface area contributed by atoms with Crippen LogP contribution in [0.15, 0.2) is 24.3 Å². The van der Waals surface area contributed by atoms with E-state index in [0.717, 1.165) is 6.42 Å². The summed E-state index contributed by atoms with van der Waals surface area (Å²) in [7, 11) is 0. The van der Waals surface area contributed by atoms with E-state index in [4.69, 9.17) is 5.73 Å². The first-order chi connectivity index (χ1) is 7.22. The molecule has 0 radical (unpaired) electrons. The number of H-pyrrole nitrogens is 1. The van der Waals surface area contributed by atoms with Crippen molar-refractivity contribution in [3.8, 4) is 0 Å². The Morgan fingerprint density at radius 2 is 2.13 bits per heavy atom. The monoisotopic (exact) mass is 202 g/mol. The maximum Gasteiger partial charge on any atom is 0.0458 e. The summed E-state index contributed by atoms with van der Waals surface area (Å²) in [6.45, 7) is 5.15. The number of hydrogen-bond donors (Lipinski definition) is 2. The standard InChI is InChI=1S/C13H18N2/c1-9(2)11-4-3-5-13-12(11)8-10(15-13)6-7-14/h3-5,8-9,15H,6-7,14H2,1-2H3. The molecule has 2 heteroatoms. The molecule has 1 heterocycles. The average molecular weight is 202 g/mol. The van der Waals surface area contributed by atoms with Crippen molar-refractivity contribution in [3.05, 3.63) is 35.5 Å². The largest absolute Gasteiger partial charge is 0.358 e. The molecule has 3 N–H and O–H groups in total. The van der Waals surface area contributed by atoms with Crippen LogP contribution >= 0.6 is 0 Å². The summed E-state index contributed by atoms with van der Waals surface area (Å²) in [6.07, 6.45) is 0.923. The van der Waals surface area contributed by atoms with Crippen LogP contribution in [0, 0.1) is 0 Å². The molecule has 80 valence electrons. The van der Waals surface area contributed by atoms with E-state index >= 15 is 0 Å². The van der Waals surface area contributed by atoms with E-state index in [9.17, 15) is 0 Å². The van der Waals surface area contributed by atoms with Crippen molar-refractivity contribution in [2.24, 2.45) is 5.73 Å². The number of hydrogen-bond acceptors (Lipinski definition) is 1. The van der Waals surface area contributed by atoms with Crippen LogP contribution in [0.5, 0.6) is 0 Å². The van der Waals surface area contributed by atoms with Gasteiger partial charge < -0.3 is 10.7 Å². The molecule has 0 atom stereocenters. The van der Waals surface area contributed by atoms with Crippen molar-refractivity contribution in [2.75, 3.05) is 6.54 Å². The van der Waals surface area contributed by atoms with Gasteiger partial charge in [0.25, 0.3) is 0 Å². The van der Waals surface area contributed by atoms with Crippen LogP contribution in [0.2, 0.25) is 0 Å². The lowest BCUT2D eigenvalue weighted by Crippen LogP contribution is -2.02. The third-order valence-electron chi connectivity index (χ3n) is 2.79. The molecule has 0 amide bonds. The van der Waals surface area contributed by atoms with Crippen LogP contribution in [0.25, 0.3) is 10.9 Å². The van der Waals surface area contributed by atoms with Gasteiger partial charge in [-0.25, -0.2) is 0 Å². The SMILES string of the molecule is CC(C)c1cccc2[nH]c(CCN)cc12. The second kappa shape index (κ2) is 4.07. The fourth-order valence-corrected chi connectivity index (χ4v) is 2.03. The van der Waals surface area contributed by atoms with Crippen LogP contribution in [-0.4, -0.2) is 11.5 Å². The van der Waals surface area contributed by atoms with Crippen LogP contribution in [0.4, 0.5) is 0 Å². The van der Waals surface area contributed by atoms with Gasteiger partial charge in [-0.05, 0) is 36.6 Å². The molecule has 15 heavy (non-hydrogen) atoms. The Kier molecular flexibility index (Phi) is 2.78. The van der Waals surface area contributed by atoms with E-state index in [-0.39, 0.29) is 0 Å². The molecular weight excluding hydrogens is 184 g/mol. The molecule has 0 aliphatic heterocycles. The first kappa shape index (κ1) is 10.2. The van der Waals surface area contributed by atoms with Crippen molar-refractivity contribution >= 4 is 10.9 Å². The molecule has 0 bridgehead atoms. The van der Waals surface area contributed by atoms with Gasteiger partial charge >= 0.3 is 0 Å². The lowest BCUT2D eigenvalue weighted by molar-refractivity contribution is 0.876. The molecule has 2 rings (SSSR count). The summed E-state index contributed by atoms with van der Waals surface area (Å²) in [5.74, 6) is 0.565. The summed E-state index contributed by atoms with van der Waals surface area (Å²) in [5, 5.41) is 1.34. The Morgan fingerprint density at radius 3 is 2.80 bits per heavy atom. The number of nitrogens with two attached hydrogens (primary N) is 1. The number of fused-ring (bicyclic) bond motifs is 1. The van der Waals surface area contributed by atoms with E-state index in [1.54, 1.807) is 0 Å². The van der Waals surface area contributed by atoms with Gasteiger partial charge in [0.2, 0.25) is 0 Å². The van der Waals surface area contributed by atoms with Crippen molar-refractivity contribution in [2.45, 2.75) is 26.2 Å². The second-order valence-electron chi connectivity index (χ2n) is 4.30. The summed E-state index contributed by atoms with van der Waals surface area (Å²) < 4.78 is 0. The van der Waals surface area contributed by atoms with E-state index in [1.165, 1.54) is 22.2 Å². The fraction of sp³-hybridized carbons (Fsp3) is 0.385. The maximum absolute atomic E-state index is 5.56. The van der Waals surface area contributed by atoms with E-state index in [0.29, 0.717) is 12.5 Å². The van der Waals surface area contributed by atoms with Crippen molar-refractivity contribution in [3.63, 3.8) is 0 Å².